The zero-order valence-corrected chi connectivity index (χ0v) is 14.2. The van der Waals surface area contributed by atoms with Crippen LogP contribution in [0.5, 0.6) is 0 Å². The first-order valence-electron chi connectivity index (χ1n) is 8.82. The Hall–Kier alpha value is -3.36. The summed E-state index contributed by atoms with van der Waals surface area (Å²) < 4.78 is 1.51. The van der Waals surface area contributed by atoms with Gasteiger partial charge >= 0.3 is 0 Å². The Labute approximate surface area is 153 Å². The van der Waals surface area contributed by atoms with E-state index in [4.69, 9.17) is 0 Å². The van der Waals surface area contributed by atoms with Crippen LogP contribution in [0.2, 0.25) is 0 Å². The predicted octanol–water partition coefficient (Wildman–Crippen LogP) is 0.546. The smallest absolute Gasteiger partial charge is 0.264 e. The fourth-order valence-corrected chi connectivity index (χ4v) is 3.65. The van der Waals surface area contributed by atoms with Gasteiger partial charge < -0.3 is 0 Å². The van der Waals surface area contributed by atoms with Gasteiger partial charge in [0.2, 0.25) is 11.8 Å². The van der Waals surface area contributed by atoms with Crippen molar-refractivity contribution in [1.82, 2.24) is 25.2 Å². The summed E-state index contributed by atoms with van der Waals surface area (Å²) in [6.07, 6.45) is 4.14. The minimum atomic E-state index is -0.985. The van der Waals surface area contributed by atoms with E-state index in [1.807, 2.05) is 0 Å². The number of aromatic nitrogens is 3. The second-order valence-electron chi connectivity index (χ2n) is 7.01. The molecule has 1 saturated carbocycles. The van der Waals surface area contributed by atoms with Crippen molar-refractivity contribution in [3.63, 3.8) is 0 Å². The van der Waals surface area contributed by atoms with Gasteiger partial charge in [0.15, 0.2) is 0 Å². The molecule has 2 fully saturated rings. The molecule has 1 saturated heterocycles. The van der Waals surface area contributed by atoms with E-state index in [1.54, 1.807) is 24.4 Å². The number of piperidine rings is 1. The molecule has 3 aliphatic rings. The lowest BCUT2D eigenvalue weighted by Crippen LogP contribution is -2.54. The number of hydrogen-bond acceptors (Lipinski definition) is 6. The van der Waals surface area contributed by atoms with Crippen molar-refractivity contribution in [3.05, 3.63) is 41.2 Å². The Morgan fingerprint density at radius 2 is 1.85 bits per heavy atom. The Bertz CT molecular complexity index is 1020. The van der Waals surface area contributed by atoms with Crippen LogP contribution in [0.3, 0.4) is 0 Å². The van der Waals surface area contributed by atoms with Gasteiger partial charge in [0.25, 0.3) is 11.8 Å². The summed E-state index contributed by atoms with van der Waals surface area (Å²) in [4.78, 5) is 50.4. The zero-order chi connectivity index (χ0) is 18.7. The van der Waals surface area contributed by atoms with Gasteiger partial charge in [-0.25, -0.2) is 4.68 Å². The van der Waals surface area contributed by atoms with Crippen LogP contribution in [-0.2, 0) is 9.59 Å². The average Bonchev–Trinajstić information content (AvgIpc) is 3.33. The van der Waals surface area contributed by atoms with Gasteiger partial charge in [-0.05, 0) is 31.4 Å². The Morgan fingerprint density at radius 1 is 1.04 bits per heavy atom. The van der Waals surface area contributed by atoms with E-state index < -0.39 is 29.7 Å². The third kappa shape index (κ3) is 2.38. The molecule has 0 bridgehead atoms. The number of carbonyl (C=O) groups is 4. The van der Waals surface area contributed by atoms with Gasteiger partial charge in [-0.2, -0.15) is 0 Å². The maximum atomic E-state index is 13.1. The normalized spacial score (nSPS) is 22.2. The SMILES string of the molecule is O=C1CCC(N2C(=O)c3cccc(-n4cc(C5CC5)nn4)c3C2=O)C(=O)N1. The van der Waals surface area contributed by atoms with E-state index >= 15 is 0 Å². The summed E-state index contributed by atoms with van der Waals surface area (Å²) in [5, 5.41) is 10.5. The lowest BCUT2D eigenvalue weighted by molar-refractivity contribution is -0.136. The molecule has 5 rings (SSSR count). The van der Waals surface area contributed by atoms with E-state index in [0.717, 1.165) is 23.4 Å². The molecule has 4 amide bonds. The minimum absolute atomic E-state index is 0.0878. The van der Waals surface area contributed by atoms with Crippen LogP contribution in [0, 0.1) is 0 Å². The first-order chi connectivity index (χ1) is 13.0. The van der Waals surface area contributed by atoms with Crippen LogP contribution in [0.4, 0.5) is 0 Å². The average molecular weight is 365 g/mol. The van der Waals surface area contributed by atoms with Crippen LogP contribution in [0.1, 0.15) is 58.0 Å². The Morgan fingerprint density at radius 3 is 2.59 bits per heavy atom. The highest BCUT2D eigenvalue weighted by Gasteiger charge is 2.46. The van der Waals surface area contributed by atoms with Crippen molar-refractivity contribution < 1.29 is 19.2 Å². The number of benzene rings is 1. The molecule has 27 heavy (non-hydrogen) atoms. The number of nitrogens with one attached hydrogen (secondary N) is 1. The predicted molar refractivity (Wildman–Crippen MR) is 90.0 cm³/mol. The number of imide groups is 2. The molecule has 136 valence electrons. The topological polar surface area (TPSA) is 114 Å². The summed E-state index contributed by atoms with van der Waals surface area (Å²) in [6.45, 7) is 0. The van der Waals surface area contributed by atoms with Gasteiger partial charge in [0, 0.05) is 12.3 Å². The number of hydrogen-bond donors (Lipinski definition) is 1. The molecule has 1 unspecified atom stereocenters. The highest BCUT2D eigenvalue weighted by molar-refractivity contribution is 6.24. The van der Waals surface area contributed by atoms with Crippen molar-refractivity contribution in [2.75, 3.05) is 0 Å². The summed E-state index contributed by atoms with van der Waals surface area (Å²) in [5.41, 5.74) is 1.76. The molecule has 1 aliphatic carbocycles. The number of rotatable bonds is 3. The van der Waals surface area contributed by atoms with Crippen LogP contribution in [-0.4, -0.2) is 49.6 Å². The van der Waals surface area contributed by atoms with E-state index in [9.17, 15) is 19.2 Å². The highest BCUT2D eigenvalue weighted by Crippen LogP contribution is 2.39. The van der Waals surface area contributed by atoms with E-state index in [1.165, 1.54) is 4.68 Å². The lowest BCUT2D eigenvalue weighted by atomic mass is 10.0. The fourth-order valence-electron chi connectivity index (χ4n) is 3.65. The summed E-state index contributed by atoms with van der Waals surface area (Å²) in [7, 11) is 0. The number of amides is 4. The van der Waals surface area contributed by atoms with Gasteiger partial charge in [-0.1, -0.05) is 11.3 Å². The molecule has 9 heteroatoms. The second-order valence-corrected chi connectivity index (χ2v) is 7.01. The molecule has 1 N–H and O–H groups in total. The minimum Gasteiger partial charge on any atom is -0.295 e. The summed E-state index contributed by atoms with van der Waals surface area (Å²) in [5.74, 6) is -1.70. The maximum absolute atomic E-state index is 13.1. The van der Waals surface area contributed by atoms with E-state index in [-0.39, 0.29) is 24.0 Å². The van der Waals surface area contributed by atoms with Gasteiger partial charge in [-0.15, -0.1) is 5.10 Å². The second kappa shape index (κ2) is 5.57. The first kappa shape index (κ1) is 15.9. The fraction of sp³-hybridized carbons (Fsp3) is 0.333. The number of nitrogens with zero attached hydrogens (tertiary/aromatic N) is 4. The molecule has 3 heterocycles. The largest absolute Gasteiger partial charge is 0.295 e. The van der Waals surface area contributed by atoms with Crippen LogP contribution in [0.15, 0.2) is 24.4 Å². The summed E-state index contributed by atoms with van der Waals surface area (Å²) in [6, 6.07) is 3.94. The molecule has 2 aliphatic heterocycles. The highest BCUT2D eigenvalue weighted by atomic mass is 16.2. The molecular formula is C18H15N5O4. The third-order valence-corrected chi connectivity index (χ3v) is 5.20. The van der Waals surface area contributed by atoms with E-state index in [0.29, 0.717) is 11.6 Å². The molecule has 9 nitrogen and oxygen atoms in total. The van der Waals surface area contributed by atoms with Crippen molar-refractivity contribution >= 4 is 23.6 Å². The van der Waals surface area contributed by atoms with Crippen LogP contribution in [0.25, 0.3) is 5.69 Å². The quantitative estimate of drug-likeness (QED) is 0.795. The molecule has 2 aromatic rings. The van der Waals surface area contributed by atoms with Crippen LogP contribution < -0.4 is 5.32 Å². The Kier molecular flexibility index (Phi) is 3.27. The molecule has 0 radical (unpaired) electrons. The maximum Gasteiger partial charge on any atom is 0.264 e. The Balaban J connectivity index is 1.54. The summed E-state index contributed by atoms with van der Waals surface area (Å²) >= 11 is 0. The van der Waals surface area contributed by atoms with Crippen molar-refractivity contribution in [3.8, 4) is 5.69 Å². The van der Waals surface area contributed by atoms with Gasteiger partial charge in [0.05, 0.1) is 28.7 Å². The third-order valence-electron chi connectivity index (χ3n) is 5.20. The van der Waals surface area contributed by atoms with E-state index in [2.05, 4.69) is 15.6 Å². The number of fused-ring (bicyclic) bond motifs is 1. The molecule has 1 aromatic heterocycles. The van der Waals surface area contributed by atoms with Crippen LogP contribution >= 0.6 is 0 Å². The standard InChI is InChI=1S/C18H15N5O4/c24-14-7-6-13(16(25)19-14)23-17(26)10-2-1-3-12(15(10)18(23)27)22-8-11(20-21-22)9-4-5-9/h1-3,8-9,13H,4-7H2,(H,19,24,25). The monoisotopic (exact) mass is 365 g/mol. The zero-order valence-electron chi connectivity index (χ0n) is 14.2. The molecular weight excluding hydrogens is 350 g/mol. The van der Waals surface area contributed by atoms with Crippen molar-refractivity contribution in [2.24, 2.45) is 0 Å². The lowest BCUT2D eigenvalue weighted by Gasteiger charge is -2.27. The number of carbonyl (C=O) groups excluding carboxylic acids is 4. The van der Waals surface area contributed by atoms with Crippen molar-refractivity contribution in [1.29, 1.82) is 0 Å². The van der Waals surface area contributed by atoms with Crippen molar-refractivity contribution in [2.45, 2.75) is 37.6 Å². The molecule has 0 spiro atoms. The molecule has 1 aromatic carbocycles. The molecule has 1 atom stereocenters. The van der Waals surface area contributed by atoms with Gasteiger partial charge in [-0.3, -0.25) is 29.4 Å². The van der Waals surface area contributed by atoms with Gasteiger partial charge in [0.1, 0.15) is 6.04 Å². The first-order valence-corrected chi connectivity index (χ1v) is 8.82.